The lowest BCUT2D eigenvalue weighted by Gasteiger charge is -2.34. The molecule has 2 aliphatic rings. The van der Waals surface area contributed by atoms with Crippen LogP contribution in [0.1, 0.15) is 33.6 Å². The number of benzene rings is 2. The molecule has 0 atom stereocenters. The number of rotatable bonds is 10. The number of hydrogen-bond donors (Lipinski definition) is 0. The third-order valence-electron chi connectivity index (χ3n) is 6.18. The Morgan fingerprint density at radius 3 is 1.84 bits per heavy atom. The number of carbonyl (C=O) groups is 2. The van der Waals surface area contributed by atoms with Crippen molar-refractivity contribution in [3.05, 3.63) is 59.7 Å². The molecule has 2 aliphatic heterocycles. The summed E-state index contributed by atoms with van der Waals surface area (Å²) in [4.78, 5) is 31.1. The third-order valence-corrected chi connectivity index (χ3v) is 6.18. The molecule has 0 aliphatic carbocycles. The summed E-state index contributed by atoms with van der Waals surface area (Å²) in [5.41, 5.74) is 1.06. The van der Waals surface area contributed by atoms with E-state index in [0.717, 1.165) is 63.6 Å². The van der Waals surface area contributed by atoms with E-state index >= 15 is 0 Å². The molecule has 2 amide bonds. The first-order valence-electron chi connectivity index (χ1n) is 11.3. The molecular formula is C25H31N3O4. The van der Waals surface area contributed by atoms with Crippen molar-refractivity contribution in [2.24, 2.45) is 0 Å². The Balaban J connectivity index is 1.09. The molecule has 0 radical (unpaired) electrons. The Labute approximate surface area is 189 Å². The molecule has 0 saturated carbocycles. The largest absolute Gasteiger partial charge is 0.497 e. The van der Waals surface area contributed by atoms with Gasteiger partial charge >= 0.3 is 0 Å². The maximum Gasteiger partial charge on any atom is 0.261 e. The Bertz CT molecular complexity index is 888. The van der Waals surface area contributed by atoms with E-state index in [0.29, 0.717) is 24.3 Å². The van der Waals surface area contributed by atoms with Crippen LogP contribution in [-0.2, 0) is 0 Å². The lowest BCUT2D eigenvalue weighted by atomic mass is 10.1. The fourth-order valence-corrected chi connectivity index (χ4v) is 4.25. The summed E-state index contributed by atoms with van der Waals surface area (Å²) >= 11 is 0. The minimum atomic E-state index is -0.156. The summed E-state index contributed by atoms with van der Waals surface area (Å²) in [7, 11) is 1.66. The van der Waals surface area contributed by atoms with Crippen LogP contribution in [0.3, 0.4) is 0 Å². The second kappa shape index (κ2) is 10.6. The highest BCUT2D eigenvalue weighted by Gasteiger charge is 2.34. The number of fused-ring (bicyclic) bond motifs is 1. The smallest absolute Gasteiger partial charge is 0.261 e. The van der Waals surface area contributed by atoms with Crippen LogP contribution < -0.4 is 9.47 Å². The molecular weight excluding hydrogens is 406 g/mol. The zero-order chi connectivity index (χ0) is 22.3. The Hall–Kier alpha value is -2.90. The minimum Gasteiger partial charge on any atom is -0.497 e. The van der Waals surface area contributed by atoms with Gasteiger partial charge in [-0.1, -0.05) is 12.1 Å². The molecule has 170 valence electrons. The van der Waals surface area contributed by atoms with E-state index in [9.17, 15) is 9.59 Å². The van der Waals surface area contributed by atoms with Gasteiger partial charge in [0, 0.05) is 39.3 Å². The van der Waals surface area contributed by atoms with E-state index in [1.807, 2.05) is 24.3 Å². The standard InChI is InChI=1S/C25H31N3O4/c1-31-20-8-10-21(11-9-20)32-19-18-27-16-14-26(15-17-27)12-4-5-13-28-24(29)22-6-2-3-7-23(22)25(28)30/h2-3,6-11H,4-5,12-19H2,1H3. The van der Waals surface area contributed by atoms with Crippen LogP contribution in [0, 0.1) is 0 Å². The van der Waals surface area contributed by atoms with Gasteiger partial charge in [0.25, 0.3) is 11.8 Å². The first kappa shape index (κ1) is 22.3. The first-order valence-corrected chi connectivity index (χ1v) is 11.3. The lowest BCUT2D eigenvalue weighted by molar-refractivity contribution is 0.0648. The second-order valence-electron chi connectivity index (χ2n) is 8.22. The van der Waals surface area contributed by atoms with Gasteiger partial charge in [0.2, 0.25) is 0 Å². The third kappa shape index (κ3) is 5.29. The molecule has 32 heavy (non-hydrogen) atoms. The van der Waals surface area contributed by atoms with Crippen LogP contribution in [0.4, 0.5) is 0 Å². The van der Waals surface area contributed by atoms with Crippen molar-refractivity contribution in [3.63, 3.8) is 0 Å². The topological polar surface area (TPSA) is 62.3 Å². The number of ether oxygens (including phenoxy) is 2. The molecule has 0 spiro atoms. The van der Waals surface area contributed by atoms with Crippen LogP contribution >= 0.6 is 0 Å². The van der Waals surface area contributed by atoms with Gasteiger partial charge in [-0.2, -0.15) is 0 Å². The van der Waals surface area contributed by atoms with Crippen molar-refractivity contribution in [3.8, 4) is 11.5 Å². The van der Waals surface area contributed by atoms with Gasteiger partial charge in [-0.25, -0.2) is 0 Å². The van der Waals surface area contributed by atoms with Gasteiger partial charge < -0.3 is 14.4 Å². The molecule has 1 fully saturated rings. The number of unbranched alkanes of at least 4 members (excludes halogenated alkanes) is 1. The van der Waals surface area contributed by atoms with Crippen molar-refractivity contribution >= 4 is 11.8 Å². The molecule has 0 aromatic heterocycles. The maximum atomic E-state index is 12.4. The highest BCUT2D eigenvalue weighted by Crippen LogP contribution is 2.22. The van der Waals surface area contributed by atoms with E-state index in [-0.39, 0.29) is 11.8 Å². The van der Waals surface area contributed by atoms with Gasteiger partial charge in [-0.3, -0.25) is 19.4 Å². The zero-order valence-electron chi connectivity index (χ0n) is 18.7. The summed E-state index contributed by atoms with van der Waals surface area (Å²) in [6.45, 7) is 7.22. The van der Waals surface area contributed by atoms with Gasteiger partial charge in [-0.15, -0.1) is 0 Å². The average Bonchev–Trinajstić information content (AvgIpc) is 3.08. The molecule has 2 aromatic rings. The van der Waals surface area contributed by atoms with E-state index in [2.05, 4.69) is 9.80 Å². The molecule has 7 nitrogen and oxygen atoms in total. The van der Waals surface area contributed by atoms with E-state index in [1.54, 1.807) is 31.4 Å². The van der Waals surface area contributed by atoms with Crippen molar-refractivity contribution in [1.82, 2.24) is 14.7 Å². The summed E-state index contributed by atoms with van der Waals surface area (Å²) in [5, 5.41) is 0. The Morgan fingerprint density at radius 1 is 0.719 bits per heavy atom. The van der Waals surface area contributed by atoms with Crippen LogP contribution in [0.25, 0.3) is 0 Å². The molecule has 2 aromatic carbocycles. The lowest BCUT2D eigenvalue weighted by Crippen LogP contribution is -2.47. The molecule has 1 saturated heterocycles. The van der Waals surface area contributed by atoms with E-state index in [1.165, 1.54) is 4.90 Å². The number of carbonyl (C=O) groups excluding carboxylic acids is 2. The number of imide groups is 1. The average molecular weight is 438 g/mol. The van der Waals surface area contributed by atoms with Gasteiger partial charge in [-0.05, 0) is 55.8 Å². The van der Waals surface area contributed by atoms with Crippen LogP contribution in [0.5, 0.6) is 11.5 Å². The summed E-state index contributed by atoms with van der Waals surface area (Å²) in [5.74, 6) is 1.38. The predicted octanol–water partition coefficient (Wildman–Crippen LogP) is 2.77. The molecule has 7 heteroatoms. The quantitative estimate of drug-likeness (QED) is 0.421. The number of hydrogen-bond acceptors (Lipinski definition) is 6. The van der Waals surface area contributed by atoms with Crippen molar-refractivity contribution in [2.45, 2.75) is 12.8 Å². The monoisotopic (exact) mass is 437 g/mol. The normalized spacial score (nSPS) is 17.0. The summed E-state index contributed by atoms with van der Waals surface area (Å²) in [6, 6.07) is 14.7. The molecule has 0 N–H and O–H groups in total. The van der Waals surface area contributed by atoms with Crippen molar-refractivity contribution < 1.29 is 19.1 Å². The predicted molar refractivity (Wildman–Crippen MR) is 122 cm³/mol. The van der Waals surface area contributed by atoms with Crippen LogP contribution in [0.15, 0.2) is 48.5 Å². The first-order chi connectivity index (χ1) is 15.7. The number of methoxy groups -OCH3 is 1. The van der Waals surface area contributed by atoms with Crippen molar-refractivity contribution in [2.75, 3.05) is 59.5 Å². The molecule has 4 rings (SSSR count). The number of nitrogens with zero attached hydrogens (tertiary/aromatic N) is 3. The minimum absolute atomic E-state index is 0.156. The number of piperazine rings is 1. The SMILES string of the molecule is COc1ccc(OCCN2CCN(CCCCN3C(=O)c4ccccc4C3=O)CC2)cc1. The Morgan fingerprint density at radius 2 is 1.25 bits per heavy atom. The molecule has 2 heterocycles. The highest BCUT2D eigenvalue weighted by atomic mass is 16.5. The number of amides is 2. The second-order valence-corrected chi connectivity index (χ2v) is 8.22. The highest BCUT2D eigenvalue weighted by molar-refractivity contribution is 6.21. The summed E-state index contributed by atoms with van der Waals surface area (Å²) in [6.07, 6.45) is 1.81. The van der Waals surface area contributed by atoms with Crippen LogP contribution in [-0.4, -0.2) is 86.0 Å². The fourth-order valence-electron chi connectivity index (χ4n) is 4.25. The van der Waals surface area contributed by atoms with E-state index < -0.39 is 0 Å². The van der Waals surface area contributed by atoms with Gasteiger partial charge in [0.05, 0.1) is 18.2 Å². The summed E-state index contributed by atoms with van der Waals surface area (Å²) < 4.78 is 11.0. The zero-order valence-corrected chi connectivity index (χ0v) is 18.7. The van der Waals surface area contributed by atoms with Gasteiger partial charge in [0.1, 0.15) is 18.1 Å². The fraction of sp³-hybridized carbons (Fsp3) is 0.440. The molecule has 0 bridgehead atoms. The Kier molecular flexibility index (Phi) is 7.39. The maximum absolute atomic E-state index is 12.4. The molecule has 0 unspecified atom stereocenters. The van der Waals surface area contributed by atoms with Gasteiger partial charge in [0.15, 0.2) is 0 Å². The van der Waals surface area contributed by atoms with Crippen molar-refractivity contribution in [1.29, 1.82) is 0 Å². The van der Waals surface area contributed by atoms with E-state index in [4.69, 9.17) is 9.47 Å². The van der Waals surface area contributed by atoms with Crippen LogP contribution in [0.2, 0.25) is 0 Å².